The molecule has 0 aliphatic rings. The lowest BCUT2D eigenvalue weighted by molar-refractivity contribution is -0.146. The van der Waals surface area contributed by atoms with E-state index < -0.39 is 0 Å². The van der Waals surface area contributed by atoms with Gasteiger partial charge in [-0.15, -0.1) is 0 Å². The molecule has 0 aliphatic carbocycles. The molecule has 0 fully saturated rings. The van der Waals surface area contributed by atoms with Crippen LogP contribution in [0.25, 0.3) is 0 Å². The molecular weight excluding hydrogens is 192 g/mol. The summed E-state index contributed by atoms with van der Waals surface area (Å²) in [6.45, 7) is 2.31. The van der Waals surface area contributed by atoms with Gasteiger partial charge in [-0.1, -0.05) is 25.1 Å². The van der Waals surface area contributed by atoms with Crippen LogP contribution >= 0.6 is 0 Å². The molecule has 1 aromatic carbocycles. The molecule has 0 aromatic heterocycles. The maximum Gasteiger partial charge on any atom is 0.312 e. The van der Waals surface area contributed by atoms with Crippen LogP contribution in [0.15, 0.2) is 30.3 Å². The van der Waals surface area contributed by atoms with E-state index in [0.717, 1.165) is 12.2 Å². The Balaban J connectivity index is 2.44. The Labute approximate surface area is 90.0 Å². The lowest BCUT2D eigenvalue weighted by Crippen LogP contribution is -2.22. The van der Waals surface area contributed by atoms with E-state index in [4.69, 9.17) is 4.74 Å². The van der Waals surface area contributed by atoms with E-state index in [1.807, 2.05) is 37.3 Å². The zero-order chi connectivity index (χ0) is 11.1. The first-order chi connectivity index (χ1) is 7.27. The molecule has 0 aliphatic heterocycles. The van der Waals surface area contributed by atoms with E-state index in [-0.39, 0.29) is 11.9 Å². The van der Waals surface area contributed by atoms with E-state index in [0.29, 0.717) is 6.61 Å². The summed E-state index contributed by atoms with van der Waals surface area (Å²) in [5.41, 5.74) is 0. The van der Waals surface area contributed by atoms with Crippen molar-refractivity contribution in [2.24, 2.45) is 5.92 Å². The molecule has 3 nitrogen and oxygen atoms in total. The average Bonchev–Trinajstić information content (AvgIpc) is 2.31. The molecule has 0 radical (unpaired) electrons. The number of carbonyl (C=O) groups excluding carboxylic acids is 1. The SMILES string of the molecule is CCC(COc1ccccc1)C(=O)OC. The number of ether oxygens (including phenoxy) is 2. The number of carbonyl (C=O) groups is 1. The van der Waals surface area contributed by atoms with Crippen LogP contribution in [-0.4, -0.2) is 19.7 Å². The second-order valence-electron chi connectivity index (χ2n) is 3.25. The van der Waals surface area contributed by atoms with Gasteiger partial charge in [0.05, 0.1) is 13.0 Å². The molecule has 0 spiro atoms. The molecule has 1 atom stereocenters. The highest BCUT2D eigenvalue weighted by Gasteiger charge is 2.17. The third-order valence-corrected chi connectivity index (χ3v) is 2.22. The number of para-hydroxylation sites is 1. The molecular formula is C12H16O3. The molecule has 0 heterocycles. The van der Waals surface area contributed by atoms with Crippen molar-refractivity contribution < 1.29 is 14.3 Å². The highest BCUT2D eigenvalue weighted by molar-refractivity contribution is 5.72. The number of rotatable bonds is 5. The van der Waals surface area contributed by atoms with Gasteiger partial charge in [0.1, 0.15) is 12.4 Å². The zero-order valence-corrected chi connectivity index (χ0v) is 9.10. The summed E-state index contributed by atoms with van der Waals surface area (Å²) < 4.78 is 10.2. The van der Waals surface area contributed by atoms with E-state index in [9.17, 15) is 4.79 Å². The molecule has 0 bridgehead atoms. The first-order valence-corrected chi connectivity index (χ1v) is 5.03. The van der Waals surface area contributed by atoms with Gasteiger partial charge in [-0.25, -0.2) is 0 Å². The largest absolute Gasteiger partial charge is 0.493 e. The Morgan fingerprint density at radius 3 is 2.53 bits per heavy atom. The number of hydrogen-bond donors (Lipinski definition) is 0. The van der Waals surface area contributed by atoms with Crippen molar-refractivity contribution in [1.82, 2.24) is 0 Å². The molecule has 1 aromatic rings. The summed E-state index contributed by atoms with van der Waals surface area (Å²) in [6, 6.07) is 9.45. The fourth-order valence-electron chi connectivity index (χ4n) is 1.23. The second kappa shape index (κ2) is 6.06. The van der Waals surface area contributed by atoms with Gasteiger partial charge in [0.25, 0.3) is 0 Å². The number of hydrogen-bond acceptors (Lipinski definition) is 3. The third kappa shape index (κ3) is 3.62. The summed E-state index contributed by atoms with van der Waals surface area (Å²) in [6.07, 6.45) is 0.722. The van der Waals surface area contributed by atoms with Crippen molar-refractivity contribution in [2.75, 3.05) is 13.7 Å². The first kappa shape index (κ1) is 11.6. The Morgan fingerprint density at radius 1 is 1.33 bits per heavy atom. The van der Waals surface area contributed by atoms with E-state index in [1.165, 1.54) is 7.11 Å². The quantitative estimate of drug-likeness (QED) is 0.696. The monoisotopic (exact) mass is 208 g/mol. The average molecular weight is 208 g/mol. The van der Waals surface area contributed by atoms with Gasteiger partial charge in [-0.05, 0) is 18.6 Å². The van der Waals surface area contributed by atoms with Crippen molar-refractivity contribution >= 4 is 5.97 Å². The van der Waals surface area contributed by atoms with Crippen LogP contribution in [0.4, 0.5) is 0 Å². The van der Waals surface area contributed by atoms with Crippen molar-refractivity contribution in [3.05, 3.63) is 30.3 Å². The minimum absolute atomic E-state index is 0.185. The van der Waals surface area contributed by atoms with Gasteiger partial charge in [0.15, 0.2) is 0 Å². The number of esters is 1. The molecule has 82 valence electrons. The topological polar surface area (TPSA) is 35.5 Å². The van der Waals surface area contributed by atoms with Crippen LogP contribution in [0.1, 0.15) is 13.3 Å². The van der Waals surface area contributed by atoms with Crippen LogP contribution in [0.5, 0.6) is 5.75 Å². The van der Waals surface area contributed by atoms with E-state index in [1.54, 1.807) is 0 Å². The molecule has 1 rings (SSSR count). The van der Waals surface area contributed by atoms with E-state index >= 15 is 0 Å². The smallest absolute Gasteiger partial charge is 0.312 e. The molecule has 3 heteroatoms. The van der Waals surface area contributed by atoms with Crippen molar-refractivity contribution in [3.8, 4) is 5.75 Å². The minimum Gasteiger partial charge on any atom is -0.493 e. The normalized spacial score (nSPS) is 11.9. The Bertz CT molecular complexity index is 295. The third-order valence-electron chi connectivity index (χ3n) is 2.22. The van der Waals surface area contributed by atoms with Crippen LogP contribution in [0.3, 0.4) is 0 Å². The fraction of sp³-hybridized carbons (Fsp3) is 0.417. The lowest BCUT2D eigenvalue weighted by atomic mass is 10.1. The lowest BCUT2D eigenvalue weighted by Gasteiger charge is -2.13. The van der Waals surface area contributed by atoms with Crippen LogP contribution in [0.2, 0.25) is 0 Å². The maximum absolute atomic E-state index is 11.3. The van der Waals surface area contributed by atoms with Crippen LogP contribution < -0.4 is 4.74 Å². The predicted molar refractivity (Wildman–Crippen MR) is 57.7 cm³/mol. The fourth-order valence-corrected chi connectivity index (χ4v) is 1.23. The van der Waals surface area contributed by atoms with Gasteiger partial charge >= 0.3 is 5.97 Å². The summed E-state index contributed by atoms with van der Waals surface area (Å²) in [7, 11) is 1.40. The number of benzene rings is 1. The van der Waals surface area contributed by atoms with Crippen LogP contribution in [0, 0.1) is 5.92 Å². The Kier molecular flexibility index (Phi) is 4.68. The summed E-state index contributed by atoms with van der Waals surface area (Å²) in [4.78, 5) is 11.3. The molecule has 0 saturated heterocycles. The van der Waals surface area contributed by atoms with Gasteiger partial charge in [-0.3, -0.25) is 4.79 Å². The molecule has 15 heavy (non-hydrogen) atoms. The molecule has 0 N–H and O–H groups in total. The molecule has 0 saturated carbocycles. The molecule has 0 amide bonds. The van der Waals surface area contributed by atoms with Gasteiger partial charge in [0.2, 0.25) is 0 Å². The highest BCUT2D eigenvalue weighted by Crippen LogP contribution is 2.12. The van der Waals surface area contributed by atoms with Gasteiger partial charge < -0.3 is 9.47 Å². The summed E-state index contributed by atoms with van der Waals surface area (Å²) in [5, 5.41) is 0. The molecule has 1 unspecified atom stereocenters. The van der Waals surface area contributed by atoms with Gasteiger partial charge in [-0.2, -0.15) is 0 Å². The van der Waals surface area contributed by atoms with E-state index in [2.05, 4.69) is 4.74 Å². The highest BCUT2D eigenvalue weighted by atomic mass is 16.5. The standard InChI is InChI=1S/C12H16O3/c1-3-10(12(13)14-2)9-15-11-7-5-4-6-8-11/h4-8,10H,3,9H2,1-2H3. The summed E-state index contributed by atoms with van der Waals surface area (Å²) >= 11 is 0. The number of methoxy groups -OCH3 is 1. The van der Waals surface area contributed by atoms with Crippen molar-refractivity contribution in [1.29, 1.82) is 0 Å². The first-order valence-electron chi connectivity index (χ1n) is 5.03. The second-order valence-corrected chi connectivity index (χ2v) is 3.25. The minimum atomic E-state index is -0.214. The van der Waals surface area contributed by atoms with Crippen molar-refractivity contribution in [3.63, 3.8) is 0 Å². The van der Waals surface area contributed by atoms with Crippen molar-refractivity contribution in [2.45, 2.75) is 13.3 Å². The Hall–Kier alpha value is -1.51. The zero-order valence-electron chi connectivity index (χ0n) is 9.10. The Morgan fingerprint density at radius 2 is 2.00 bits per heavy atom. The predicted octanol–water partition coefficient (Wildman–Crippen LogP) is 2.26. The van der Waals surface area contributed by atoms with Gasteiger partial charge in [0, 0.05) is 0 Å². The van der Waals surface area contributed by atoms with Crippen LogP contribution in [-0.2, 0) is 9.53 Å². The summed E-state index contributed by atoms with van der Waals surface area (Å²) in [5.74, 6) is 0.378. The maximum atomic E-state index is 11.3.